The standard InChI is InChI=1S/C20H27N3O4.HI/c1-21-20(23-13-15-8-6-7-9-16(15)24-2)22-12-14-10-17(25-3)19(27-5)18(11-14)26-4;/h6-11H,12-13H2,1-5H3,(H2,21,22,23);1H. The van der Waals surface area contributed by atoms with Crippen molar-refractivity contribution in [1.82, 2.24) is 10.6 Å². The summed E-state index contributed by atoms with van der Waals surface area (Å²) in [5.41, 5.74) is 2.03. The Balaban J connectivity index is 0.00000392. The van der Waals surface area contributed by atoms with Crippen LogP contribution in [0.1, 0.15) is 11.1 Å². The number of methoxy groups -OCH3 is 4. The molecule has 0 saturated carbocycles. The lowest BCUT2D eigenvalue weighted by atomic mass is 10.1. The number of rotatable bonds is 8. The van der Waals surface area contributed by atoms with E-state index in [0.29, 0.717) is 36.3 Å². The van der Waals surface area contributed by atoms with E-state index in [4.69, 9.17) is 18.9 Å². The van der Waals surface area contributed by atoms with Gasteiger partial charge in [-0.1, -0.05) is 18.2 Å². The monoisotopic (exact) mass is 501 g/mol. The lowest BCUT2D eigenvalue weighted by molar-refractivity contribution is 0.323. The maximum absolute atomic E-state index is 5.39. The number of hydrogen-bond donors (Lipinski definition) is 2. The van der Waals surface area contributed by atoms with E-state index in [1.807, 2.05) is 36.4 Å². The first-order chi connectivity index (χ1) is 13.2. The molecule has 28 heavy (non-hydrogen) atoms. The van der Waals surface area contributed by atoms with Crippen LogP contribution in [0.15, 0.2) is 41.4 Å². The fraction of sp³-hybridized carbons (Fsp3) is 0.350. The van der Waals surface area contributed by atoms with Crippen LogP contribution >= 0.6 is 24.0 Å². The molecular formula is C20H28IN3O4. The number of nitrogens with zero attached hydrogens (tertiary/aromatic N) is 1. The number of para-hydroxylation sites is 1. The third-order valence-corrected chi connectivity index (χ3v) is 4.05. The molecule has 0 radical (unpaired) electrons. The summed E-state index contributed by atoms with van der Waals surface area (Å²) in [5, 5.41) is 6.56. The first-order valence-corrected chi connectivity index (χ1v) is 8.52. The zero-order valence-corrected chi connectivity index (χ0v) is 19.2. The van der Waals surface area contributed by atoms with Crippen molar-refractivity contribution in [3.05, 3.63) is 47.5 Å². The van der Waals surface area contributed by atoms with Crippen molar-refractivity contribution < 1.29 is 18.9 Å². The van der Waals surface area contributed by atoms with Crippen LogP contribution in [0.3, 0.4) is 0 Å². The molecule has 0 fully saturated rings. The number of guanidine groups is 1. The molecule has 2 rings (SSSR count). The van der Waals surface area contributed by atoms with E-state index in [9.17, 15) is 0 Å². The number of aliphatic imine (C=N–C) groups is 1. The zero-order valence-electron chi connectivity index (χ0n) is 16.9. The minimum absolute atomic E-state index is 0. The molecule has 0 aliphatic rings. The quantitative estimate of drug-likeness (QED) is 0.329. The van der Waals surface area contributed by atoms with Crippen LogP contribution in [0, 0.1) is 0 Å². The largest absolute Gasteiger partial charge is 0.496 e. The average molecular weight is 501 g/mol. The summed E-state index contributed by atoms with van der Waals surface area (Å²) in [4.78, 5) is 4.26. The summed E-state index contributed by atoms with van der Waals surface area (Å²) in [6.07, 6.45) is 0. The molecule has 154 valence electrons. The Morgan fingerprint density at radius 2 is 1.39 bits per heavy atom. The predicted octanol–water partition coefficient (Wildman–Crippen LogP) is 3.20. The minimum atomic E-state index is 0. The first-order valence-electron chi connectivity index (χ1n) is 8.52. The maximum Gasteiger partial charge on any atom is 0.203 e. The van der Waals surface area contributed by atoms with E-state index in [0.717, 1.165) is 16.9 Å². The fourth-order valence-corrected chi connectivity index (χ4v) is 2.67. The first kappa shape index (κ1) is 23.7. The number of hydrogen-bond acceptors (Lipinski definition) is 5. The Kier molecular flexibility index (Phi) is 10.3. The highest BCUT2D eigenvalue weighted by molar-refractivity contribution is 14.0. The third kappa shape index (κ3) is 6.08. The molecule has 0 atom stereocenters. The normalized spacial score (nSPS) is 10.5. The Morgan fingerprint density at radius 3 is 1.93 bits per heavy atom. The fourth-order valence-electron chi connectivity index (χ4n) is 2.67. The Morgan fingerprint density at radius 1 is 0.821 bits per heavy atom. The van der Waals surface area contributed by atoms with Crippen molar-refractivity contribution in [1.29, 1.82) is 0 Å². The van der Waals surface area contributed by atoms with Gasteiger partial charge in [0.15, 0.2) is 17.5 Å². The van der Waals surface area contributed by atoms with Crippen molar-refractivity contribution in [2.75, 3.05) is 35.5 Å². The van der Waals surface area contributed by atoms with Gasteiger partial charge < -0.3 is 29.6 Å². The number of nitrogens with one attached hydrogen (secondary N) is 2. The molecule has 2 N–H and O–H groups in total. The average Bonchev–Trinajstić information content (AvgIpc) is 2.73. The highest BCUT2D eigenvalue weighted by atomic mass is 127. The molecule has 0 aliphatic heterocycles. The van der Waals surface area contributed by atoms with Crippen molar-refractivity contribution in [2.45, 2.75) is 13.1 Å². The predicted molar refractivity (Wildman–Crippen MR) is 122 cm³/mol. The summed E-state index contributed by atoms with van der Waals surface area (Å²) in [5.74, 6) is 3.32. The van der Waals surface area contributed by atoms with Crippen LogP contribution in [0.5, 0.6) is 23.0 Å². The lowest BCUT2D eigenvalue weighted by Crippen LogP contribution is -2.36. The van der Waals surface area contributed by atoms with Crippen molar-refractivity contribution in [3.8, 4) is 23.0 Å². The van der Waals surface area contributed by atoms with E-state index in [1.165, 1.54) is 0 Å². The second kappa shape index (κ2) is 12.2. The van der Waals surface area contributed by atoms with Crippen LogP contribution in [0.2, 0.25) is 0 Å². The molecule has 2 aromatic rings. The van der Waals surface area contributed by atoms with Gasteiger partial charge in [-0.3, -0.25) is 4.99 Å². The highest BCUT2D eigenvalue weighted by Crippen LogP contribution is 2.38. The molecule has 0 saturated heterocycles. The van der Waals surface area contributed by atoms with E-state index >= 15 is 0 Å². The SMILES string of the molecule is CN=C(NCc1cc(OC)c(OC)c(OC)c1)NCc1ccccc1OC.I. The molecular weight excluding hydrogens is 473 g/mol. The molecule has 0 amide bonds. The van der Waals surface area contributed by atoms with E-state index in [2.05, 4.69) is 15.6 Å². The minimum Gasteiger partial charge on any atom is -0.496 e. The summed E-state index contributed by atoms with van der Waals surface area (Å²) in [6.45, 7) is 1.14. The Hall–Kier alpha value is -2.36. The van der Waals surface area contributed by atoms with Crippen LogP contribution < -0.4 is 29.6 Å². The molecule has 7 nitrogen and oxygen atoms in total. The molecule has 0 aliphatic carbocycles. The van der Waals surface area contributed by atoms with Gasteiger partial charge in [-0.15, -0.1) is 24.0 Å². The molecule has 0 bridgehead atoms. The van der Waals surface area contributed by atoms with E-state index in [-0.39, 0.29) is 24.0 Å². The Labute approximate surface area is 183 Å². The van der Waals surface area contributed by atoms with Gasteiger partial charge in [0, 0.05) is 25.7 Å². The molecule has 0 aromatic heterocycles. The lowest BCUT2D eigenvalue weighted by Gasteiger charge is -2.16. The van der Waals surface area contributed by atoms with Crippen LogP contribution in [0.25, 0.3) is 0 Å². The van der Waals surface area contributed by atoms with Crippen molar-refractivity contribution >= 4 is 29.9 Å². The topological polar surface area (TPSA) is 73.3 Å². The molecule has 0 spiro atoms. The van der Waals surface area contributed by atoms with Gasteiger partial charge in [0.2, 0.25) is 5.75 Å². The Bertz CT molecular complexity index is 759. The van der Waals surface area contributed by atoms with Gasteiger partial charge in [-0.25, -0.2) is 0 Å². The highest BCUT2D eigenvalue weighted by Gasteiger charge is 2.13. The van der Waals surface area contributed by atoms with Gasteiger partial charge in [-0.2, -0.15) is 0 Å². The summed E-state index contributed by atoms with van der Waals surface area (Å²) in [6, 6.07) is 11.7. The maximum atomic E-state index is 5.39. The third-order valence-electron chi connectivity index (χ3n) is 4.05. The van der Waals surface area contributed by atoms with Crippen LogP contribution in [-0.2, 0) is 13.1 Å². The van der Waals surface area contributed by atoms with Crippen LogP contribution in [-0.4, -0.2) is 41.4 Å². The van der Waals surface area contributed by atoms with Gasteiger partial charge in [0.25, 0.3) is 0 Å². The molecule has 8 heteroatoms. The van der Waals surface area contributed by atoms with Gasteiger partial charge in [0.05, 0.1) is 28.4 Å². The summed E-state index contributed by atoms with van der Waals surface area (Å²) < 4.78 is 21.5. The smallest absolute Gasteiger partial charge is 0.203 e. The van der Waals surface area contributed by atoms with Gasteiger partial charge in [-0.05, 0) is 23.8 Å². The molecule has 2 aromatic carbocycles. The second-order valence-electron chi connectivity index (χ2n) is 5.62. The van der Waals surface area contributed by atoms with E-state index < -0.39 is 0 Å². The zero-order chi connectivity index (χ0) is 19.6. The molecule has 0 unspecified atom stereocenters. The second-order valence-corrected chi connectivity index (χ2v) is 5.62. The summed E-state index contributed by atoms with van der Waals surface area (Å²) in [7, 11) is 8.18. The number of halogens is 1. The van der Waals surface area contributed by atoms with Crippen LogP contribution in [0.4, 0.5) is 0 Å². The van der Waals surface area contributed by atoms with E-state index in [1.54, 1.807) is 35.5 Å². The number of ether oxygens (including phenoxy) is 4. The van der Waals surface area contributed by atoms with Crippen molar-refractivity contribution in [3.63, 3.8) is 0 Å². The van der Waals surface area contributed by atoms with Gasteiger partial charge in [0.1, 0.15) is 5.75 Å². The number of benzene rings is 2. The summed E-state index contributed by atoms with van der Waals surface area (Å²) >= 11 is 0. The van der Waals surface area contributed by atoms with Gasteiger partial charge >= 0.3 is 0 Å². The molecule has 0 heterocycles. The van der Waals surface area contributed by atoms with Crippen molar-refractivity contribution in [2.24, 2.45) is 4.99 Å².